The number of rotatable bonds is 3. The van der Waals surface area contributed by atoms with Gasteiger partial charge in [0.25, 0.3) is 5.78 Å². The SMILES string of the molecule is Fc1ccc(-c2nc3nccnn3c2Cc2ccccn2)cc1. The van der Waals surface area contributed by atoms with Crippen LogP contribution in [0.3, 0.4) is 0 Å². The normalized spacial score (nSPS) is 11.0. The van der Waals surface area contributed by atoms with Crippen LogP contribution in [0.25, 0.3) is 17.0 Å². The minimum atomic E-state index is -0.278. The molecular formula is C17H12FN5. The molecule has 0 N–H and O–H groups in total. The maximum atomic E-state index is 13.2. The molecule has 4 rings (SSSR count). The van der Waals surface area contributed by atoms with Crippen molar-refractivity contribution in [2.24, 2.45) is 0 Å². The molecule has 0 unspecified atom stereocenters. The lowest BCUT2D eigenvalue weighted by Gasteiger charge is -2.04. The minimum Gasteiger partial charge on any atom is -0.261 e. The van der Waals surface area contributed by atoms with E-state index >= 15 is 0 Å². The third-order valence-corrected chi connectivity index (χ3v) is 3.56. The lowest BCUT2D eigenvalue weighted by Crippen LogP contribution is -2.01. The Morgan fingerprint density at radius 3 is 2.57 bits per heavy atom. The number of pyridine rings is 1. The Balaban J connectivity index is 1.89. The van der Waals surface area contributed by atoms with Gasteiger partial charge in [-0.15, -0.1) is 0 Å². The molecule has 0 saturated carbocycles. The van der Waals surface area contributed by atoms with Crippen LogP contribution in [-0.4, -0.2) is 24.6 Å². The Labute approximate surface area is 131 Å². The van der Waals surface area contributed by atoms with Gasteiger partial charge in [-0.25, -0.2) is 18.9 Å². The summed E-state index contributed by atoms with van der Waals surface area (Å²) >= 11 is 0. The van der Waals surface area contributed by atoms with Crippen molar-refractivity contribution in [2.75, 3.05) is 0 Å². The monoisotopic (exact) mass is 305 g/mol. The van der Waals surface area contributed by atoms with Gasteiger partial charge in [-0.2, -0.15) is 5.10 Å². The number of fused-ring (bicyclic) bond motifs is 1. The maximum absolute atomic E-state index is 13.2. The van der Waals surface area contributed by atoms with Crippen molar-refractivity contribution >= 4 is 5.78 Å². The zero-order chi connectivity index (χ0) is 15.6. The highest BCUT2D eigenvalue weighted by molar-refractivity contribution is 5.65. The summed E-state index contributed by atoms with van der Waals surface area (Å²) in [4.78, 5) is 13.1. The largest absolute Gasteiger partial charge is 0.261 e. The zero-order valence-corrected chi connectivity index (χ0v) is 12.1. The summed E-state index contributed by atoms with van der Waals surface area (Å²) in [5, 5.41) is 4.33. The summed E-state index contributed by atoms with van der Waals surface area (Å²) in [5.74, 6) is 0.234. The molecule has 1 aromatic carbocycles. The van der Waals surface area contributed by atoms with E-state index in [2.05, 4.69) is 20.1 Å². The van der Waals surface area contributed by atoms with Crippen LogP contribution in [0.4, 0.5) is 4.39 Å². The predicted molar refractivity (Wildman–Crippen MR) is 83.2 cm³/mol. The second-order valence-electron chi connectivity index (χ2n) is 5.07. The summed E-state index contributed by atoms with van der Waals surface area (Å²) in [6.07, 6.45) is 5.53. The number of hydrogen-bond acceptors (Lipinski definition) is 4. The van der Waals surface area contributed by atoms with Crippen LogP contribution in [0.5, 0.6) is 0 Å². The molecule has 0 aliphatic heterocycles. The van der Waals surface area contributed by atoms with Crippen molar-refractivity contribution in [3.63, 3.8) is 0 Å². The van der Waals surface area contributed by atoms with E-state index in [9.17, 15) is 4.39 Å². The Kier molecular flexibility index (Phi) is 3.27. The fraction of sp³-hybridized carbons (Fsp3) is 0.0588. The van der Waals surface area contributed by atoms with Crippen LogP contribution in [0.15, 0.2) is 61.1 Å². The topological polar surface area (TPSA) is 56.0 Å². The number of benzene rings is 1. The molecule has 6 heteroatoms. The summed E-state index contributed by atoms with van der Waals surface area (Å²) in [6, 6.07) is 12.0. The smallest absolute Gasteiger partial charge is 0.251 e. The minimum absolute atomic E-state index is 0.278. The number of halogens is 1. The van der Waals surface area contributed by atoms with E-state index < -0.39 is 0 Å². The first-order valence-electron chi connectivity index (χ1n) is 7.16. The molecule has 23 heavy (non-hydrogen) atoms. The van der Waals surface area contributed by atoms with E-state index in [1.165, 1.54) is 12.1 Å². The summed E-state index contributed by atoms with van der Waals surface area (Å²) in [7, 11) is 0. The number of imidazole rings is 1. The summed E-state index contributed by atoms with van der Waals surface area (Å²) in [6.45, 7) is 0. The Hall–Kier alpha value is -3.15. The van der Waals surface area contributed by atoms with Crippen LogP contribution < -0.4 is 0 Å². The summed E-state index contributed by atoms with van der Waals surface area (Å²) in [5.41, 5.74) is 3.34. The first-order valence-corrected chi connectivity index (χ1v) is 7.16. The molecule has 3 aromatic heterocycles. The zero-order valence-electron chi connectivity index (χ0n) is 12.1. The molecule has 0 saturated heterocycles. The number of aromatic nitrogens is 5. The first kappa shape index (κ1) is 13.5. The van der Waals surface area contributed by atoms with Crippen LogP contribution in [0.2, 0.25) is 0 Å². The lowest BCUT2D eigenvalue weighted by atomic mass is 10.1. The van der Waals surface area contributed by atoms with E-state index in [-0.39, 0.29) is 5.82 Å². The number of hydrogen-bond donors (Lipinski definition) is 0. The molecule has 0 aliphatic carbocycles. The second kappa shape index (κ2) is 5.57. The van der Waals surface area contributed by atoms with Gasteiger partial charge in [0.05, 0.1) is 23.8 Å². The summed E-state index contributed by atoms with van der Waals surface area (Å²) < 4.78 is 14.9. The molecule has 0 radical (unpaired) electrons. The Morgan fingerprint density at radius 1 is 0.913 bits per heavy atom. The Bertz CT molecular complexity index is 948. The fourth-order valence-corrected chi connectivity index (χ4v) is 2.51. The second-order valence-corrected chi connectivity index (χ2v) is 5.07. The van der Waals surface area contributed by atoms with Crippen LogP contribution in [0, 0.1) is 5.82 Å². The van der Waals surface area contributed by atoms with E-state index in [1.807, 2.05) is 18.2 Å². The molecule has 0 amide bonds. The molecule has 0 spiro atoms. The predicted octanol–water partition coefficient (Wildman–Crippen LogP) is 2.92. The highest BCUT2D eigenvalue weighted by Crippen LogP contribution is 2.25. The van der Waals surface area contributed by atoms with E-state index in [4.69, 9.17) is 0 Å². The van der Waals surface area contributed by atoms with Gasteiger partial charge in [-0.1, -0.05) is 6.07 Å². The van der Waals surface area contributed by atoms with Gasteiger partial charge in [-0.3, -0.25) is 4.98 Å². The highest BCUT2D eigenvalue weighted by atomic mass is 19.1. The van der Waals surface area contributed by atoms with Gasteiger partial charge in [0.1, 0.15) is 5.82 Å². The third kappa shape index (κ3) is 2.55. The van der Waals surface area contributed by atoms with E-state index in [0.717, 1.165) is 22.6 Å². The van der Waals surface area contributed by atoms with Gasteiger partial charge >= 0.3 is 0 Å². The van der Waals surface area contributed by atoms with Gasteiger partial charge in [0.15, 0.2) is 0 Å². The third-order valence-electron chi connectivity index (χ3n) is 3.56. The van der Waals surface area contributed by atoms with E-state index in [0.29, 0.717) is 12.2 Å². The molecule has 0 fully saturated rings. The van der Waals surface area contributed by atoms with Crippen LogP contribution >= 0.6 is 0 Å². The average molecular weight is 305 g/mol. The highest BCUT2D eigenvalue weighted by Gasteiger charge is 2.16. The molecule has 112 valence electrons. The van der Waals surface area contributed by atoms with Gasteiger partial charge in [0, 0.05) is 23.9 Å². The van der Waals surface area contributed by atoms with Crippen molar-refractivity contribution in [3.05, 3.63) is 78.3 Å². The molecule has 4 aromatic rings. The lowest BCUT2D eigenvalue weighted by molar-refractivity contribution is 0.628. The van der Waals surface area contributed by atoms with Crippen molar-refractivity contribution < 1.29 is 4.39 Å². The molecule has 3 heterocycles. The van der Waals surface area contributed by atoms with Crippen molar-refractivity contribution in [3.8, 4) is 11.3 Å². The molecular weight excluding hydrogens is 293 g/mol. The van der Waals surface area contributed by atoms with Gasteiger partial charge < -0.3 is 0 Å². The van der Waals surface area contributed by atoms with Gasteiger partial charge in [0.2, 0.25) is 0 Å². The van der Waals surface area contributed by atoms with Gasteiger partial charge in [-0.05, 0) is 36.4 Å². The fourth-order valence-electron chi connectivity index (χ4n) is 2.51. The van der Waals surface area contributed by atoms with Crippen molar-refractivity contribution in [1.29, 1.82) is 0 Å². The maximum Gasteiger partial charge on any atom is 0.251 e. The molecule has 0 aliphatic rings. The number of nitrogens with zero attached hydrogens (tertiary/aromatic N) is 5. The first-order chi connectivity index (χ1) is 11.3. The molecule has 5 nitrogen and oxygen atoms in total. The molecule has 0 atom stereocenters. The van der Waals surface area contributed by atoms with Crippen LogP contribution in [-0.2, 0) is 6.42 Å². The van der Waals surface area contributed by atoms with E-state index in [1.54, 1.807) is 35.2 Å². The molecule has 0 bridgehead atoms. The quantitative estimate of drug-likeness (QED) is 0.584. The van der Waals surface area contributed by atoms with Crippen molar-refractivity contribution in [2.45, 2.75) is 6.42 Å². The average Bonchev–Trinajstić information content (AvgIpc) is 2.95. The van der Waals surface area contributed by atoms with Crippen molar-refractivity contribution in [1.82, 2.24) is 24.6 Å². The standard InChI is InChI=1S/C17H12FN5/c18-13-6-4-12(5-7-13)16-15(11-14-3-1-2-8-19-14)23-17(22-16)20-9-10-21-23/h1-10H,11H2. The van der Waals surface area contributed by atoms with Crippen LogP contribution in [0.1, 0.15) is 11.4 Å². The Morgan fingerprint density at radius 2 is 1.78 bits per heavy atom.